The maximum atomic E-state index is 10.7. The van der Waals surface area contributed by atoms with Gasteiger partial charge >= 0.3 is 18.3 Å². The molecule has 8 heteroatoms. The summed E-state index contributed by atoms with van der Waals surface area (Å²) in [4.78, 5) is 0. The first-order chi connectivity index (χ1) is 5.37. The van der Waals surface area contributed by atoms with Crippen LogP contribution in [0.2, 0.25) is 0 Å². The van der Waals surface area contributed by atoms with Gasteiger partial charge in [-0.2, -0.15) is 16.8 Å². The standard InChI is InChI=1S/C4H10O6S2/c1-3-9-11(5,6)12(7,8)10-4-2/h3-4H2,1-2H3. The van der Waals surface area contributed by atoms with E-state index in [0.29, 0.717) is 0 Å². The van der Waals surface area contributed by atoms with Crippen molar-refractivity contribution in [2.24, 2.45) is 0 Å². The highest BCUT2D eigenvalue weighted by molar-refractivity contribution is 8.63. The van der Waals surface area contributed by atoms with Crippen LogP contribution < -0.4 is 0 Å². The Bertz CT molecular complexity index is 277. The number of rotatable bonds is 5. The maximum Gasteiger partial charge on any atom is 0.400 e. The highest BCUT2D eigenvalue weighted by Gasteiger charge is 2.31. The van der Waals surface area contributed by atoms with E-state index in [9.17, 15) is 16.8 Å². The molecule has 0 N–H and O–H groups in total. The molecule has 12 heavy (non-hydrogen) atoms. The minimum absolute atomic E-state index is 0.241. The summed E-state index contributed by atoms with van der Waals surface area (Å²) in [7, 11) is -9.24. The molecule has 0 unspecified atom stereocenters. The molecule has 0 aromatic rings. The molecule has 6 nitrogen and oxygen atoms in total. The zero-order valence-electron chi connectivity index (χ0n) is 6.68. The highest BCUT2D eigenvalue weighted by Crippen LogP contribution is 2.06. The largest absolute Gasteiger partial charge is 0.400 e. The molecule has 0 aliphatic heterocycles. The van der Waals surface area contributed by atoms with Crippen LogP contribution in [0.25, 0.3) is 0 Å². The predicted molar refractivity (Wildman–Crippen MR) is 41.1 cm³/mol. The van der Waals surface area contributed by atoms with Crippen LogP contribution in [-0.4, -0.2) is 30.0 Å². The van der Waals surface area contributed by atoms with Gasteiger partial charge in [-0.3, -0.25) is 8.37 Å². The quantitative estimate of drug-likeness (QED) is 0.585. The Balaban J connectivity index is 4.79. The zero-order chi connectivity index (χ0) is 9.83. The van der Waals surface area contributed by atoms with Gasteiger partial charge < -0.3 is 0 Å². The van der Waals surface area contributed by atoms with Gasteiger partial charge in [0, 0.05) is 0 Å². The Morgan fingerprint density at radius 1 is 0.833 bits per heavy atom. The molecule has 0 radical (unpaired) electrons. The number of hydrogen-bond acceptors (Lipinski definition) is 6. The average molecular weight is 218 g/mol. The van der Waals surface area contributed by atoms with Crippen molar-refractivity contribution in [3.8, 4) is 0 Å². The smallest absolute Gasteiger partial charge is 0.257 e. The third kappa shape index (κ3) is 2.70. The topological polar surface area (TPSA) is 86.7 Å². The van der Waals surface area contributed by atoms with Gasteiger partial charge in [0.2, 0.25) is 0 Å². The fraction of sp³-hybridized carbons (Fsp3) is 1.00. The van der Waals surface area contributed by atoms with Crippen molar-refractivity contribution >= 4 is 18.3 Å². The van der Waals surface area contributed by atoms with Gasteiger partial charge in [-0.1, -0.05) is 0 Å². The summed E-state index contributed by atoms with van der Waals surface area (Å²) in [6.07, 6.45) is 0. The molecule has 74 valence electrons. The molecule has 0 fully saturated rings. The maximum absolute atomic E-state index is 10.7. The van der Waals surface area contributed by atoms with Gasteiger partial charge in [0.25, 0.3) is 0 Å². The lowest BCUT2D eigenvalue weighted by atomic mass is 10.9. The van der Waals surface area contributed by atoms with E-state index in [1.165, 1.54) is 13.8 Å². The molecule has 0 saturated carbocycles. The van der Waals surface area contributed by atoms with Crippen molar-refractivity contribution in [3.63, 3.8) is 0 Å². The van der Waals surface area contributed by atoms with Crippen molar-refractivity contribution < 1.29 is 25.2 Å². The summed E-state index contributed by atoms with van der Waals surface area (Å²) >= 11 is 0. The van der Waals surface area contributed by atoms with Gasteiger partial charge in [0.1, 0.15) is 0 Å². The van der Waals surface area contributed by atoms with Crippen molar-refractivity contribution in [2.75, 3.05) is 13.2 Å². The molecular formula is C4H10O6S2. The average Bonchev–Trinajstić information content (AvgIpc) is 1.86. The zero-order valence-corrected chi connectivity index (χ0v) is 8.31. The third-order valence-corrected chi connectivity index (χ3v) is 4.40. The molecular weight excluding hydrogens is 208 g/mol. The summed E-state index contributed by atoms with van der Waals surface area (Å²) < 4.78 is 50.8. The molecule has 0 aromatic heterocycles. The van der Waals surface area contributed by atoms with Gasteiger partial charge in [0.05, 0.1) is 13.2 Å². The Morgan fingerprint density at radius 3 is 1.25 bits per heavy atom. The second kappa shape index (κ2) is 4.17. The van der Waals surface area contributed by atoms with E-state index in [4.69, 9.17) is 0 Å². The van der Waals surface area contributed by atoms with Crippen LogP contribution >= 0.6 is 0 Å². The monoisotopic (exact) mass is 218 g/mol. The van der Waals surface area contributed by atoms with E-state index in [2.05, 4.69) is 8.37 Å². The Kier molecular flexibility index (Phi) is 4.11. The summed E-state index contributed by atoms with van der Waals surface area (Å²) in [5, 5.41) is 0. The fourth-order valence-electron chi connectivity index (χ4n) is 0.407. The normalized spacial score (nSPS) is 13.2. The van der Waals surface area contributed by atoms with Crippen LogP contribution in [0.4, 0.5) is 0 Å². The molecule has 0 spiro atoms. The van der Waals surface area contributed by atoms with Crippen LogP contribution in [-0.2, 0) is 26.7 Å². The molecule has 0 aromatic carbocycles. The minimum atomic E-state index is -4.62. The van der Waals surface area contributed by atoms with Crippen molar-refractivity contribution in [2.45, 2.75) is 13.8 Å². The van der Waals surface area contributed by atoms with E-state index >= 15 is 0 Å². The lowest BCUT2D eigenvalue weighted by Gasteiger charge is -2.02. The van der Waals surface area contributed by atoms with Crippen molar-refractivity contribution in [3.05, 3.63) is 0 Å². The molecule has 0 saturated heterocycles. The minimum Gasteiger partial charge on any atom is -0.257 e. The van der Waals surface area contributed by atoms with Gasteiger partial charge in [0.15, 0.2) is 0 Å². The molecule has 0 atom stereocenters. The van der Waals surface area contributed by atoms with Crippen molar-refractivity contribution in [1.82, 2.24) is 0 Å². The van der Waals surface area contributed by atoms with E-state index < -0.39 is 18.3 Å². The second-order valence-electron chi connectivity index (χ2n) is 1.63. The highest BCUT2D eigenvalue weighted by atomic mass is 33.2. The molecule has 0 aliphatic carbocycles. The lowest BCUT2D eigenvalue weighted by Crippen LogP contribution is -2.20. The third-order valence-electron chi connectivity index (χ3n) is 0.774. The fourth-order valence-corrected chi connectivity index (χ4v) is 2.50. The molecule has 0 heterocycles. The van der Waals surface area contributed by atoms with Crippen LogP contribution in [0.15, 0.2) is 0 Å². The predicted octanol–water partition coefficient (Wildman–Crippen LogP) is -0.366. The first kappa shape index (κ1) is 11.8. The Morgan fingerprint density at radius 2 is 1.08 bits per heavy atom. The molecule has 0 bridgehead atoms. The second-order valence-corrected chi connectivity index (χ2v) is 6.18. The number of hydrogen-bond donors (Lipinski definition) is 0. The van der Waals surface area contributed by atoms with Gasteiger partial charge in [-0.05, 0) is 13.8 Å². The van der Waals surface area contributed by atoms with E-state index in [0.717, 1.165) is 0 Å². The van der Waals surface area contributed by atoms with E-state index in [1.807, 2.05) is 0 Å². The molecule has 0 rings (SSSR count). The summed E-state index contributed by atoms with van der Waals surface area (Å²) in [6.45, 7) is 2.24. The SMILES string of the molecule is CCOS(=O)(=O)S(=O)(=O)OCC. The van der Waals surface area contributed by atoms with E-state index in [-0.39, 0.29) is 13.2 Å². The molecule has 0 aliphatic rings. The van der Waals surface area contributed by atoms with E-state index in [1.54, 1.807) is 0 Å². The van der Waals surface area contributed by atoms with Gasteiger partial charge in [-0.15, -0.1) is 0 Å². The van der Waals surface area contributed by atoms with Gasteiger partial charge in [-0.25, -0.2) is 0 Å². The Labute approximate surface area is 71.1 Å². The first-order valence-electron chi connectivity index (χ1n) is 3.16. The summed E-state index contributed by atoms with van der Waals surface area (Å²) in [5.74, 6) is 0. The van der Waals surface area contributed by atoms with Crippen LogP contribution in [0, 0.1) is 0 Å². The summed E-state index contributed by atoms with van der Waals surface area (Å²) in [6, 6.07) is 0. The lowest BCUT2D eigenvalue weighted by molar-refractivity contribution is 0.320. The summed E-state index contributed by atoms with van der Waals surface area (Å²) in [5.41, 5.74) is 0. The van der Waals surface area contributed by atoms with Crippen LogP contribution in [0.5, 0.6) is 0 Å². The Hall–Kier alpha value is -0.180. The first-order valence-corrected chi connectivity index (χ1v) is 6.49. The van der Waals surface area contributed by atoms with Crippen LogP contribution in [0.3, 0.4) is 0 Å². The van der Waals surface area contributed by atoms with Crippen molar-refractivity contribution in [1.29, 1.82) is 0 Å². The van der Waals surface area contributed by atoms with Crippen LogP contribution in [0.1, 0.15) is 13.8 Å². The molecule has 0 amide bonds.